The minimum absolute atomic E-state index is 0.0644. The van der Waals surface area contributed by atoms with Crippen molar-refractivity contribution < 1.29 is 9.90 Å². The number of rotatable bonds is 2. The molecule has 0 saturated carbocycles. The number of carbonyl (C=O) groups is 1. The molecule has 2 aromatic rings. The predicted molar refractivity (Wildman–Crippen MR) is 71.7 cm³/mol. The Morgan fingerprint density at radius 3 is 2.22 bits per heavy atom. The van der Waals surface area contributed by atoms with Crippen LogP contribution in [0.15, 0.2) is 30.6 Å². The molecule has 2 rings (SSSR count). The fourth-order valence-corrected chi connectivity index (χ4v) is 2.55. The van der Waals surface area contributed by atoms with E-state index in [9.17, 15) is 4.79 Å². The molecule has 6 heteroatoms. The highest BCUT2D eigenvalue weighted by atomic mass is 35.5. The summed E-state index contributed by atoms with van der Waals surface area (Å²) in [4.78, 5) is 14.7. The second kappa shape index (κ2) is 5.14. The van der Waals surface area contributed by atoms with Crippen LogP contribution in [-0.4, -0.2) is 16.1 Å². The fourth-order valence-electron chi connectivity index (χ4n) is 1.51. The van der Waals surface area contributed by atoms with Gasteiger partial charge in [0.1, 0.15) is 0 Å². The van der Waals surface area contributed by atoms with Gasteiger partial charge < -0.3 is 5.11 Å². The van der Waals surface area contributed by atoms with Gasteiger partial charge in [0.05, 0.1) is 15.6 Å². The lowest BCUT2D eigenvalue weighted by Crippen LogP contribution is -1.97. The summed E-state index contributed by atoms with van der Waals surface area (Å²) in [7, 11) is 0. The van der Waals surface area contributed by atoms with Crippen molar-refractivity contribution in [1.29, 1.82) is 0 Å². The van der Waals surface area contributed by atoms with Crippen LogP contribution in [0.3, 0.4) is 0 Å². The Morgan fingerprint density at radius 2 is 1.67 bits per heavy atom. The van der Waals surface area contributed by atoms with E-state index in [4.69, 9.17) is 39.9 Å². The Morgan fingerprint density at radius 1 is 1.06 bits per heavy atom. The van der Waals surface area contributed by atoms with E-state index in [0.717, 1.165) is 0 Å². The van der Waals surface area contributed by atoms with Crippen LogP contribution < -0.4 is 0 Å². The number of hydrogen-bond donors (Lipinski definition) is 1. The molecule has 0 aliphatic rings. The van der Waals surface area contributed by atoms with E-state index in [1.165, 1.54) is 30.6 Å². The van der Waals surface area contributed by atoms with Crippen molar-refractivity contribution in [2.24, 2.45) is 0 Å². The molecule has 0 radical (unpaired) electrons. The van der Waals surface area contributed by atoms with Crippen LogP contribution in [0.4, 0.5) is 0 Å². The molecule has 0 spiro atoms. The quantitative estimate of drug-likeness (QED) is 0.894. The summed E-state index contributed by atoms with van der Waals surface area (Å²) in [5, 5.41) is 10.0. The highest BCUT2D eigenvalue weighted by Crippen LogP contribution is 2.37. The van der Waals surface area contributed by atoms with Gasteiger partial charge in [-0.25, -0.2) is 4.79 Å². The number of halogens is 3. The molecule has 18 heavy (non-hydrogen) atoms. The third-order valence-corrected chi connectivity index (χ3v) is 3.10. The van der Waals surface area contributed by atoms with Crippen molar-refractivity contribution in [3.63, 3.8) is 0 Å². The van der Waals surface area contributed by atoms with Crippen molar-refractivity contribution in [3.05, 3.63) is 51.2 Å². The van der Waals surface area contributed by atoms with E-state index in [-0.39, 0.29) is 5.56 Å². The van der Waals surface area contributed by atoms with Crippen LogP contribution in [0, 0.1) is 0 Å². The molecule has 0 amide bonds. The maximum absolute atomic E-state index is 10.9. The number of aromatic nitrogens is 1. The van der Waals surface area contributed by atoms with Crippen molar-refractivity contribution in [3.8, 4) is 11.1 Å². The minimum Gasteiger partial charge on any atom is -0.478 e. The van der Waals surface area contributed by atoms with E-state index in [1.54, 1.807) is 0 Å². The van der Waals surface area contributed by atoms with Gasteiger partial charge >= 0.3 is 5.97 Å². The molecule has 0 aliphatic heterocycles. The normalized spacial score (nSPS) is 10.4. The molecular formula is C12H6Cl3NO2. The molecule has 0 aliphatic carbocycles. The number of pyridine rings is 1. The molecule has 1 aromatic heterocycles. The smallest absolute Gasteiger partial charge is 0.337 e. The van der Waals surface area contributed by atoms with Gasteiger partial charge in [-0.2, -0.15) is 0 Å². The van der Waals surface area contributed by atoms with Gasteiger partial charge in [0.25, 0.3) is 0 Å². The average molecular weight is 303 g/mol. The number of carboxylic acid groups (broad SMARTS) is 1. The zero-order valence-corrected chi connectivity index (χ0v) is 11.1. The molecular weight excluding hydrogens is 296 g/mol. The first-order valence-electron chi connectivity index (χ1n) is 4.82. The van der Waals surface area contributed by atoms with Crippen LogP contribution in [0.5, 0.6) is 0 Å². The lowest BCUT2D eigenvalue weighted by atomic mass is 10.1. The Hall–Kier alpha value is -1.29. The monoisotopic (exact) mass is 301 g/mol. The largest absolute Gasteiger partial charge is 0.478 e. The Labute approximate surface area is 118 Å². The van der Waals surface area contributed by atoms with E-state index in [1.807, 2.05) is 0 Å². The second-order valence-corrected chi connectivity index (χ2v) is 4.76. The Kier molecular flexibility index (Phi) is 3.76. The molecule has 92 valence electrons. The summed E-state index contributed by atoms with van der Waals surface area (Å²) in [6, 6.07) is 4.53. The summed E-state index contributed by atoms with van der Waals surface area (Å²) in [5.74, 6) is -1.06. The number of benzene rings is 1. The zero-order valence-electron chi connectivity index (χ0n) is 8.82. The van der Waals surface area contributed by atoms with Crippen LogP contribution in [-0.2, 0) is 0 Å². The van der Waals surface area contributed by atoms with Gasteiger partial charge in [-0.1, -0.05) is 34.8 Å². The van der Waals surface area contributed by atoms with Gasteiger partial charge in [-0.15, -0.1) is 0 Å². The molecule has 3 nitrogen and oxygen atoms in total. The third-order valence-electron chi connectivity index (χ3n) is 2.28. The lowest BCUT2D eigenvalue weighted by Gasteiger charge is -2.08. The summed E-state index contributed by atoms with van der Waals surface area (Å²) in [6.07, 6.45) is 2.75. The van der Waals surface area contributed by atoms with E-state index in [2.05, 4.69) is 4.98 Å². The molecule has 0 saturated heterocycles. The Bertz CT molecular complexity index is 605. The summed E-state index contributed by atoms with van der Waals surface area (Å²) in [6.45, 7) is 0. The molecule has 0 atom stereocenters. The van der Waals surface area contributed by atoms with Gasteiger partial charge in [0.2, 0.25) is 0 Å². The highest BCUT2D eigenvalue weighted by molar-refractivity contribution is 6.41. The van der Waals surface area contributed by atoms with Crippen LogP contribution in [0.2, 0.25) is 15.1 Å². The van der Waals surface area contributed by atoms with Gasteiger partial charge in [-0.3, -0.25) is 4.98 Å². The van der Waals surface area contributed by atoms with E-state index in [0.29, 0.717) is 26.2 Å². The fraction of sp³-hybridized carbons (Fsp3) is 0. The van der Waals surface area contributed by atoms with Crippen molar-refractivity contribution in [2.75, 3.05) is 0 Å². The Balaban J connectivity index is 2.62. The maximum atomic E-state index is 10.9. The minimum atomic E-state index is -1.06. The van der Waals surface area contributed by atoms with Crippen molar-refractivity contribution in [1.82, 2.24) is 4.98 Å². The summed E-state index contributed by atoms with van der Waals surface area (Å²) >= 11 is 17.9. The first kappa shape index (κ1) is 13.1. The average Bonchev–Trinajstić information content (AvgIpc) is 2.28. The van der Waals surface area contributed by atoms with Crippen LogP contribution in [0.1, 0.15) is 10.4 Å². The van der Waals surface area contributed by atoms with Gasteiger partial charge in [0, 0.05) is 28.5 Å². The summed E-state index contributed by atoms with van der Waals surface area (Å²) in [5.41, 5.74) is 1.11. The van der Waals surface area contributed by atoms with Gasteiger partial charge in [0.15, 0.2) is 0 Å². The molecule has 0 unspecified atom stereocenters. The predicted octanol–water partition coefficient (Wildman–Crippen LogP) is 4.41. The van der Waals surface area contributed by atoms with E-state index < -0.39 is 5.97 Å². The maximum Gasteiger partial charge on any atom is 0.337 e. The van der Waals surface area contributed by atoms with Crippen LogP contribution >= 0.6 is 34.8 Å². The van der Waals surface area contributed by atoms with E-state index >= 15 is 0 Å². The standard InChI is InChI=1S/C12H6Cl3NO2/c13-8-2-9(14)11(10(15)3-8)6-1-7(12(17)18)5-16-4-6/h1-5H,(H,17,18). The zero-order chi connectivity index (χ0) is 13.3. The third kappa shape index (κ3) is 2.58. The number of aromatic carboxylic acids is 1. The number of hydrogen-bond acceptors (Lipinski definition) is 2. The summed E-state index contributed by atoms with van der Waals surface area (Å²) < 4.78 is 0. The molecule has 0 bridgehead atoms. The first-order chi connectivity index (χ1) is 8.49. The second-order valence-electron chi connectivity index (χ2n) is 3.51. The number of carboxylic acids is 1. The van der Waals surface area contributed by atoms with Crippen molar-refractivity contribution >= 4 is 40.8 Å². The number of nitrogens with zero attached hydrogens (tertiary/aromatic N) is 1. The molecule has 1 N–H and O–H groups in total. The highest BCUT2D eigenvalue weighted by Gasteiger charge is 2.12. The first-order valence-corrected chi connectivity index (χ1v) is 5.95. The molecule has 0 fully saturated rings. The lowest BCUT2D eigenvalue weighted by molar-refractivity contribution is 0.0696. The van der Waals surface area contributed by atoms with Crippen LogP contribution in [0.25, 0.3) is 11.1 Å². The van der Waals surface area contributed by atoms with Gasteiger partial charge in [-0.05, 0) is 18.2 Å². The SMILES string of the molecule is O=C(O)c1cncc(-c2c(Cl)cc(Cl)cc2Cl)c1. The topological polar surface area (TPSA) is 50.2 Å². The molecule has 1 heterocycles. The molecule has 1 aromatic carbocycles. The van der Waals surface area contributed by atoms with Crippen molar-refractivity contribution in [2.45, 2.75) is 0 Å².